The lowest BCUT2D eigenvalue weighted by atomic mass is 10.2. The predicted octanol–water partition coefficient (Wildman–Crippen LogP) is -0.282. The maximum Gasteiger partial charge on any atom is 0.242 e. The molecule has 1 N–H and O–H groups in total. The van der Waals surface area contributed by atoms with Gasteiger partial charge in [-0.2, -0.15) is 5.10 Å². The Kier molecular flexibility index (Phi) is 4.33. The smallest absolute Gasteiger partial charge is 0.242 e. The highest BCUT2D eigenvalue weighted by Gasteiger charge is 2.32. The van der Waals surface area contributed by atoms with Gasteiger partial charge in [0.05, 0.1) is 12.1 Å². The van der Waals surface area contributed by atoms with E-state index in [1.165, 1.54) is 0 Å². The molecule has 1 fully saturated rings. The van der Waals surface area contributed by atoms with E-state index in [1.807, 2.05) is 0 Å². The fourth-order valence-corrected chi connectivity index (χ4v) is 2.28. The highest BCUT2D eigenvalue weighted by atomic mass is 16.5. The maximum atomic E-state index is 11.9. The molecule has 2 heterocycles. The zero-order chi connectivity index (χ0) is 13.0. The standard InChI is InChI=1S/C12H20N4O2/c1-3-15-7-10(11(8-15)18-2)14-12(17)9-16-6-4-5-13-16/h4-6,10-11H,3,7-9H2,1-2H3,(H,14,17)/t10-,11-/m0/s1. The Morgan fingerprint density at radius 3 is 3.00 bits per heavy atom. The van der Waals surface area contributed by atoms with Crippen molar-refractivity contribution in [1.29, 1.82) is 0 Å². The average molecular weight is 252 g/mol. The zero-order valence-electron chi connectivity index (χ0n) is 10.9. The van der Waals surface area contributed by atoms with Gasteiger partial charge in [0.25, 0.3) is 0 Å². The molecule has 2 rings (SSSR count). The lowest BCUT2D eigenvalue weighted by Gasteiger charge is -2.18. The van der Waals surface area contributed by atoms with Gasteiger partial charge in [0, 0.05) is 32.6 Å². The van der Waals surface area contributed by atoms with Crippen LogP contribution in [0.5, 0.6) is 0 Å². The van der Waals surface area contributed by atoms with Crippen molar-refractivity contribution >= 4 is 5.91 Å². The van der Waals surface area contributed by atoms with Crippen molar-refractivity contribution < 1.29 is 9.53 Å². The summed E-state index contributed by atoms with van der Waals surface area (Å²) in [6.45, 7) is 5.07. The van der Waals surface area contributed by atoms with E-state index in [0.717, 1.165) is 19.6 Å². The van der Waals surface area contributed by atoms with E-state index in [-0.39, 0.29) is 24.6 Å². The summed E-state index contributed by atoms with van der Waals surface area (Å²) in [5.41, 5.74) is 0. The lowest BCUT2D eigenvalue weighted by molar-refractivity contribution is -0.123. The van der Waals surface area contributed by atoms with Crippen molar-refractivity contribution in [2.75, 3.05) is 26.7 Å². The molecular weight excluding hydrogens is 232 g/mol. The summed E-state index contributed by atoms with van der Waals surface area (Å²) in [7, 11) is 1.69. The quantitative estimate of drug-likeness (QED) is 0.783. The van der Waals surface area contributed by atoms with Gasteiger partial charge in [-0.25, -0.2) is 0 Å². The number of carbonyl (C=O) groups excluding carboxylic acids is 1. The largest absolute Gasteiger partial charge is 0.378 e. The minimum atomic E-state index is -0.0243. The predicted molar refractivity (Wildman–Crippen MR) is 67.1 cm³/mol. The molecule has 0 aromatic carbocycles. The molecule has 100 valence electrons. The number of likely N-dealkylation sites (tertiary alicyclic amines) is 1. The van der Waals surface area contributed by atoms with Crippen molar-refractivity contribution in [3.63, 3.8) is 0 Å². The van der Waals surface area contributed by atoms with Gasteiger partial charge in [0.15, 0.2) is 0 Å². The Balaban J connectivity index is 1.86. The van der Waals surface area contributed by atoms with Gasteiger partial charge in [-0.3, -0.25) is 14.4 Å². The fourth-order valence-electron chi connectivity index (χ4n) is 2.28. The number of hydrogen-bond acceptors (Lipinski definition) is 4. The van der Waals surface area contributed by atoms with Gasteiger partial charge >= 0.3 is 0 Å². The molecule has 0 bridgehead atoms. The lowest BCUT2D eigenvalue weighted by Crippen LogP contribution is -2.44. The van der Waals surface area contributed by atoms with E-state index in [1.54, 1.807) is 30.3 Å². The highest BCUT2D eigenvalue weighted by Crippen LogP contribution is 2.12. The first-order valence-corrected chi connectivity index (χ1v) is 6.25. The van der Waals surface area contributed by atoms with E-state index < -0.39 is 0 Å². The van der Waals surface area contributed by atoms with Crippen molar-refractivity contribution in [3.8, 4) is 0 Å². The number of ether oxygens (including phenoxy) is 1. The summed E-state index contributed by atoms with van der Waals surface area (Å²) in [6, 6.07) is 1.87. The molecule has 1 saturated heterocycles. The van der Waals surface area contributed by atoms with Crippen molar-refractivity contribution in [1.82, 2.24) is 20.0 Å². The summed E-state index contributed by atoms with van der Waals surface area (Å²) in [6.07, 6.45) is 3.52. The third kappa shape index (κ3) is 3.08. The number of rotatable bonds is 5. The Bertz CT molecular complexity index is 379. The first-order valence-electron chi connectivity index (χ1n) is 6.25. The van der Waals surface area contributed by atoms with Crippen LogP contribution in [0.1, 0.15) is 6.92 Å². The van der Waals surface area contributed by atoms with Crippen LogP contribution in [-0.2, 0) is 16.1 Å². The molecule has 18 heavy (non-hydrogen) atoms. The molecule has 6 nitrogen and oxygen atoms in total. The van der Waals surface area contributed by atoms with Crippen LogP contribution in [0.25, 0.3) is 0 Å². The average Bonchev–Trinajstić information content (AvgIpc) is 2.98. The van der Waals surface area contributed by atoms with Gasteiger partial charge in [-0.1, -0.05) is 6.92 Å². The monoisotopic (exact) mass is 252 g/mol. The topological polar surface area (TPSA) is 59.4 Å². The Hall–Kier alpha value is -1.40. The summed E-state index contributed by atoms with van der Waals surface area (Å²) in [4.78, 5) is 14.1. The second kappa shape index (κ2) is 5.97. The van der Waals surface area contributed by atoms with Crippen molar-refractivity contribution in [3.05, 3.63) is 18.5 Å². The molecule has 1 amide bonds. The molecule has 1 aromatic heterocycles. The Labute approximate surface area is 107 Å². The van der Waals surface area contributed by atoms with Crippen LogP contribution in [0.4, 0.5) is 0 Å². The summed E-state index contributed by atoms with van der Waals surface area (Å²) in [5.74, 6) is -0.0243. The molecule has 1 aliphatic rings. The van der Waals surface area contributed by atoms with Crippen LogP contribution in [0, 0.1) is 0 Å². The highest BCUT2D eigenvalue weighted by molar-refractivity contribution is 5.76. The van der Waals surface area contributed by atoms with E-state index in [9.17, 15) is 4.79 Å². The number of nitrogens with one attached hydrogen (secondary N) is 1. The maximum absolute atomic E-state index is 11.9. The molecule has 0 unspecified atom stereocenters. The molecule has 2 atom stereocenters. The van der Waals surface area contributed by atoms with Crippen LogP contribution in [-0.4, -0.2) is 59.5 Å². The molecule has 0 saturated carbocycles. The minimum absolute atomic E-state index is 0.0243. The normalized spacial score (nSPS) is 24.3. The van der Waals surface area contributed by atoms with E-state index >= 15 is 0 Å². The third-order valence-electron chi connectivity index (χ3n) is 3.30. The second-order valence-corrected chi connectivity index (χ2v) is 4.50. The van der Waals surface area contributed by atoms with E-state index in [4.69, 9.17) is 4.74 Å². The van der Waals surface area contributed by atoms with Gasteiger partial charge in [-0.15, -0.1) is 0 Å². The number of aromatic nitrogens is 2. The molecule has 1 aliphatic heterocycles. The Morgan fingerprint density at radius 2 is 2.39 bits per heavy atom. The van der Waals surface area contributed by atoms with Crippen molar-refractivity contribution in [2.45, 2.75) is 25.6 Å². The third-order valence-corrected chi connectivity index (χ3v) is 3.30. The number of carbonyl (C=O) groups is 1. The number of nitrogens with zero attached hydrogens (tertiary/aromatic N) is 3. The molecule has 1 aromatic rings. The number of hydrogen-bond donors (Lipinski definition) is 1. The van der Waals surface area contributed by atoms with Gasteiger partial charge in [-0.05, 0) is 12.6 Å². The van der Waals surface area contributed by atoms with Gasteiger partial charge < -0.3 is 10.1 Å². The van der Waals surface area contributed by atoms with Crippen LogP contribution in [0.3, 0.4) is 0 Å². The molecule has 0 aliphatic carbocycles. The summed E-state index contributed by atoms with van der Waals surface area (Å²) in [5, 5.41) is 7.03. The van der Waals surface area contributed by atoms with E-state index in [2.05, 4.69) is 22.2 Å². The van der Waals surface area contributed by atoms with E-state index in [0.29, 0.717) is 0 Å². The Morgan fingerprint density at radius 1 is 1.56 bits per heavy atom. The number of amides is 1. The minimum Gasteiger partial charge on any atom is -0.378 e. The van der Waals surface area contributed by atoms with Gasteiger partial charge in [0.2, 0.25) is 5.91 Å². The van der Waals surface area contributed by atoms with Crippen LogP contribution >= 0.6 is 0 Å². The van der Waals surface area contributed by atoms with Crippen molar-refractivity contribution in [2.24, 2.45) is 0 Å². The zero-order valence-corrected chi connectivity index (χ0v) is 10.9. The fraction of sp³-hybridized carbons (Fsp3) is 0.667. The summed E-state index contributed by atoms with van der Waals surface area (Å²) < 4.78 is 7.03. The summed E-state index contributed by atoms with van der Waals surface area (Å²) >= 11 is 0. The van der Waals surface area contributed by atoms with Crippen LogP contribution in [0.2, 0.25) is 0 Å². The van der Waals surface area contributed by atoms with Crippen LogP contribution < -0.4 is 5.32 Å². The molecule has 0 spiro atoms. The molecular formula is C12H20N4O2. The SMILES string of the molecule is CCN1C[C@H](NC(=O)Cn2cccn2)[C@@H](OC)C1. The first kappa shape index (κ1) is 13.0. The number of methoxy groups -OCH3 is 1. The molecule has 0 radical (unpaired) electrons. The first-order chi connectivity index (χ1) is 8.72. The van der Waals surface area contributed by atoms with Crippen LogP contribution in [0.15, 0.2) is 18.5 Å². The molecule has 6 heteroatoms. The second-order valence-electron chi connectivity index (χ2n) is 4.50. The number of likely N-dealkylation sites (N-methyl/N-ethyl adjacent to an activating group) is 1. The van der Waals surface area contributed by atoms with Gasteiger partial charge in [0.1, 0.15) is 6.54 Å².